The van der Waals surface area contributed by atoms with Crippen molar-refractivity contribution in [3.63, 3.8) is 0 Å². The SMILES string of the molecule is COc1nc(-c2cccc(-c3ccnc(-c4cc5c(OC)nc(CO)nn5c4)c3Cl)c2Cl)ccc1COC(=O)NC1CCN(C(C)=O)C(C(C)(C)C)C1. The maximum Gasteiger partial charge on any atom is 0.407 e. The molecule has 2 N–H and O–H groups in total. The molecule has 4 aromatic heterocycles. The number of aliphatic hydroxyl groups is 1. The summed E-state index contributed by atoms with van der Waals surface area (Å²) in [5.41, 5.74) is 4.67. The van der Waals surface area contributed by atoms with Gasteiger partial charge in [0, 0.05) is 60.2 Å². The van der Waals surface area contributed by atoms with E-state index in [0.717, 1.165) is 0 Å². The van der Waals surface area contributed by atoms with E-state index in [9.17, 15) is 14.7 Å². The third kappa shape index (κ3) is 7.87. The number of carbonyl (C=O) groups excluding carboxylic acids is 2. The van der Waals surface area contributed by atoms with Crippen molar-refractivity contribution in [3.8, 4) is 45.4 Å². The van der Waals surface area contributed by atoms with Gasteiger partial charge >= 0.3 is 6.09 Å². The maximum atomic E-state index is 12.9. The minimum absolute atomic E-state index is 0.000373. The molecule has 0 saturated carbocycles. The van der Waals surface area contributed by atoms with Crippen molar-refractivity contribution in [1.29, 1.82) is 0 Å². The fraction of sp³-hybridized carbons (Fsp3) is 0.368. The zero-order chi connectivity index (χ0) is 38.0. The Hall–Kier alpha value is -4.98. The van der Waals surface area contributed by atoms with Gasteiger partial charge in [0.05, 0.1) is 41.2 Å². The maximum absolute atomic E-state index is 12.9. The van der Waals surface area contributed by atoms with Crippen molar-refractivity contribution >= 4 is 40.7 Å². The molecule has 1 aromatic carbocycles. The lowest BCUT2D eigenvalue weighted by Crippen LogP contribution is -2.55. The number of benzene rings is 1. The van der Waals surface area contributed by atoms with E-state index in [1.54, 1.807) is 42.0 Å². The summed E-state index contributed by atoms with van der Waals surface area (Å²) in [6.45, 7) is 8.04. The molecule has 1 aliphatic rings. The minimum Gasteiger partial charge on any atom is -0.481 e. The molecule has 0 spiro atoms. The summed E-state index contributed by atoms with van der Waals surface area (Å²) >= 11 is 14.1. The molecule has 53 heavy (non-hydrogen) atoms. The Bertz CT molecular complexity index is 2170. The van der Waals surface area contributed by atoms with Crippen LogP contribution in [0.15, 0.2) is 54.9 Å². The van der Waals surface area contributed by atoms with E-state index < -0.39 is 6.09 Å². The molecule has 6 rings (SSSR count). The molecule has 0 bridgehead atoms. The predicted octanol–water partition coefficient (Wildman–Crippen LogP) is 6.99. The number of aliphatic hydroxyl groups excluding tert-OH is 1. The van der Waals surface area contributed by atoms with E-state index in [0.29, 0.717) is 80.0 Å². The van der Waals surface area contributed by atoms with E-state index >= 15 is 0 Å². The second-order valence-corrected chi connectivity index (χ2v) is 14.6. The van der Waals surface area contributed by atoms with Crippen molar-refractivity contribution in [1.82, 2.24) is 34.8 Å². The van der Waals surface area contributed by atoms with E-state index in [1.807, 2.05) is 29.2 Å². The number of hydrogen-bond donors (Lipinski definition) is 2. The van der Waals surface area contributed by atoms with Crippen molar-refractivity contribution in [3.05, 3.63) is 76.3 Å². The quantitative estimate of drug-likeness (QED) is 0.161. The molecule has 2 amide bonds. The van der Waals surface area contributed by atoms with E-state index in [1.165, 1.54) is 14.2 Å². The van der Waals surface area contributed by atoms with Gasteiger partial charge in [0.15, 0.2) is 5.82 Å². The van der Waals surface area contributed by atoms with Crippen molar-refractivity contribution in [2.45, 2.75) is 65.8 Å². The number of amides is 2. The van der Waals surface area contributed by atoms with Crippen LogP contribution < -0.4 is 14.8 Å². The average Bonchev–Trinajstić information content (AvgIpc) is 3.57. The first kappa shape index (κ1) is 37.8. The fourth-order valence-electron chi connectivity index (χ4n) is 6.71. The van der Waals surface area contributed by atoms with Crippen LogP contribution in [0.25, 0.3) is 39.2 Å². The molecule has 15 heteroatoms. The van der Waals surface area contributed by atoms with Crippen molar-refractivity contribution in [2.24, 2.45) is 5.41 Å². The second kappa shape index (κ2) is 15.6. The number of methoxy groups -OCH3 is 2. The molecular weight excluding hydrogens is 721 g/mol. The normalized spacial score (nSPS) is 16.1. The number of rotatable bonds is 9. The standard InChI is InChI=1S/C38H41Cl2N7O6/c1-21(49)46-15-13-24(17-30(46)38(2,3)4)42-37(50)53-20-22-10-11-28(43-35(22)51-5)27-9-7-8-25(32(27)39)26-12-14-41-34(33(26)40)23-16-29-36(52-6)44-31(19-48)45-47(29)18-23/h7-12,14,16,18,24,30,48H,13,15,17,19-20H2,1-6H3,(H,42,50). The summed E-state index contributed by atoms with van der Waals surface area (Å²) < 4.78 is 18.2. The number of piperidine rings is 1. The highest BCUT2D eigenvalue weighted by Gasteiger charge is 2.38. The molecular formula is C38H41Cl2N7O6. The van der Waals surface area contributed by atoms with Crippen LogP contribution in [-0.4, -0.2) is 79.4 Å². The Kier molecular flexibility index (Phi) is 11.1. The predicted molar refractivity (Wildman–Crippen MR) is 201 cm³/mol. The lowest BCUT2D eigenvalue weighted by atomic mass is 9.79. The van der Waals surface area contributed by atoms with Gasteiger partial charge in [-0.25, -0.2) is 14.3 Å². The first-order valence-corrected chi connectivity index (χ1v) is 17.8. The number of ether oxygens (including phenoxy) is 3. The Labute approximate surface area is 317 Å². The smallest absolute Gasteiger partial charge is 0.407 e. The second-order valence-electron chi connectivity index (χ2n) is 13.8. The Morgan fingerprint density at radius 3 is 2.43 bits per heavy atom. The number of nitrogens with one attached hydrogen (secondary N) is 1. The minimum atomic E-state index is -0.551. The number of aromatic nitrogens is 5. The number of fused-ring (bicyclic) bond motifs is 1. The number of alkyl carbamates (subject to hydrolysis) is 1. The third-order valence-corrected chi connectivity index (χ3v) is 10.1. The number of likely N-dealkylation sites (tertiary alicyclic amines) is 1. The van der Waals surface area contributed by atoms with Crippen LogP contribution in [0.1, 0.15) is 51.9 Å². The van der Waals surface area contributed by atoms with Gasteiger partial charge in [-0.15, -0.1) is 5.10 Å². The van der Waals surface area contributed by atoms with Crippen molar-refractivity contribution in [2.75, 3.05) is 20.8 Å². The number of nitrogens with zero attached hydrogens (tertiary/aromatic N) is 6. The van der Waals surface area contributed by atoms with Gasteiger partial charge < -0.3 is 29.5 Å². The molecule has 2 atom stereocenters. The lowest BCUT2D eigenvalue weighted by molar-refractivity contribution is -0.135. The fourth-order valence-corrected chi connectivity index (χ4v) is 7.35. The van der Waals surface area contributed by atoms with Crippen molar-refractivity contribution < 1.29 is 28.9 Å². The summed E-state index contributed by atoms with van der Waals surface area (Å²) in [4.78, 5) is 40.5. The molecule has 278 valence electrons. The molecule has 1 saturated heterocycles. The van der Waals surface area contributed by atoms with Gasteiger partial charge in [-0.2, -0.15) is 4.98 Å². The van der Waals surface area contributed by atoms with Crippen LogP contribution in [0.3, 0.4) is 0 Å². The summed E-state index contributed by atoms with van der Waals surface area (Å²) in [7, 11) is 2.99. The van der Waals surface area contributed by atoms with E-state index in [2.05, 4.69) is 41.2 Å². The van der Waals surface area contributed by atoms with E-state index in [4.69, 9.17) is 42.4 Å². The molecule has 1 fully saturated rings. The molecule has 0 aliphatic carbocycles. The van der Waals surface area contributed by atoms with Gasteiger partial charge in [0.1, 0.15) is 18.7 Å². The van der Waals surface area contributed by atoms with E-state index in [-0.39, 0.29) is 48.3 Å². The highest BCUT2D eigenvalue weighted by atomic mass is 35.5. The molecule has 13 nitrogen and oxygen atoms in total. The summed E-state index contributed by atoms with van der Waals surface area (Å²) in [6.07, 6.45) is 4.12. The molecule has 5 aromatic rings. The van der Waals surface area contributed by atoms with Crippen LogP contribution in [0, 0.1) is 5.41 Å². The topological polar surface area (TPSA) is 153 Å². The summed E-state index contributed by atoms with van der Waals surface area (Å²) in [5, 5.41) is 17.7. The van der Waals surface area contributed by atoms with Gasteiger partial charge in [0.25, 0.3) is 0 Å². The zero-order valence-electron chi connectivity index (χ0n) is 30.3. The monoisotopic (exact) mass is 761 g/mol. The van der Waals surface area contributed by atoms with Crippen LogP contribution in [0.2, 0.25) is 10.0 Å². The van der Waals surface area contributed by atoms with Gasteiger partial charge in [0.2, 0.25) is 17.7 Å². The number of hydrogen-bond acceptors (Lipinski definition) is 10. The number of pyridine rings is 2. The third-order valence-electron chi connectivity index (χ3n) is 9.36. The summed E-state index contributed by atoms with van der Waals surface area (Å²) in [5.74, 6) is 0.833. The highest BCUT2D eigenvalue weighted by molar-refractivity contribution is 6.39. The molecule has 1 aliphatic heterocycles. The van der Waals surface area contributed by atoms with Crippen LogP contribution >= 0.6 is 23.2 Å². The molecule has 2 unspecified atom stereocenters. The molecule has 0 radical (unpaired) electrons. The van der Waals surface area contributed by atoms with Gasteiger partial charge in [-0.1, -0.05) is 62.2 Å². The highest BCUT2D eigenvalue weighted by Crippen LogP contribution is 2.42. The Morgan fingerprint density at radius 1 is 1.00 bits per heavy atom. The first-order valence-electron chi connectivity index (χ1n) is 17.1. The number of halogens is 2. The van der Waals surface area contributed by atoms with Gasteiger partial charge in [-0.05, 0) is 42.5 Å². The van der Waals surface area contributed by atoms with Crippen LogP contribution in [0.5, 0.6) is 11.8 Å². The average molecular weight is 763 g/mol. The lowest BCUT2D eigenvalue weighted by Gasteiger charge is -2.45. The molecule has 5 heterocycles. The Morgan fingerprint density at radius 2 is 1.74 bits per heavy atom. The van der Waals surface area contributed by atoms with Crippen LogP contribution in [0.4, 0.5) is 4.79 Å². The van der Waals surface area contributed by atoms with Crippen LogP contribution in [-0.2, 0) is 22.7 Å². The van der Waals surface area contributed by atoms with Gasteiger partial charge in [-0.3, -0.25) is 9.78 Å². The summed E-state index contributed by atoms with van der Waals surface area (Å²) in [6, 6.07) is 12.6. The Balaban J connectivity index is 1.20. The number of carbonyl (C=O) groups is 2. The first-order chi connectivity index (χ1) is 25.3. The zero-order valence-corrected chi connectivity index (χ0v) is 31.8. The largest absolute Gasteiger partial charge is 0.481 e.